The van der Waals surface area contributed by atoms with Crippen molar-refractivity contribution >= 4 is 39.9 Å². The summed E-state index contributed by atoms with van der Waals surface area (Å²) >= 11 is 1.86. The van der Waals surface area contributed by atoms with Crippen molar-refractivity contribution in [3.63, 3.8) is 0 Å². The summed E-state index contributed by atoms with van der Waals surface area (Å²) in [6, 6.07) is 2.81. The Balaban J connectivity index is 2.67. The Morgan fingerprint density at radius 3 is 2.88 bits per heavy atom. The Hall–Kier alpha value is -1.05. The summed E-state index contributed by atoms with van der Waals surface area (Å²) in [5.74, 6) is -0.506. The zero-order chi connectivity index (χ0) is 12.1. The first-order chi connectivity index (χ1) is 7.54. The molecule has 0 fully saturated rings. The van der Waals surface area contributed by atoms with Crippen LogP contribution in [0.4, 0.5) is 15.8 Å². The fourth-order valence-electron chi connectivity index (χ4n) is 1.15. The van der Waals surface area contributed by atoms with Gasteiger partial charge in [0.1, 0.15) is 5.82 Å². The van der Waals surface area contributed by atoms with E-state index in [2.05, 4.69) is 10.6 Å². The van der Waals surface area contributed by atoms with Gasteiger partial charge >= 0.3 is 0 Å². The second kappa shape index (κ2) is 5.88. The summed E-state index contributed by atoms with van der Waals surface area (Å²) < 4.78 is 13.7. The molecule has 0 saturated heterocycles. The number of halogens is 2. The normalized spacial score (nSPS) is 9.94. The molecule has 0 spiro atoms. The van der Waals surface area contributed by atoms with Gasteiger partial charge in [0, 0.05) is 12.6 Å². The number of hydrogen-bond acceptors (Lipinski definition) is 3. The van der Waals surface area contributed by atoms with Crippen LogP contribution in [0.5, 0.6) is 0 Å². The van der Waals surface area contributed by atoms with E-state index in [-0.39, 0.29) is 18.3 Å². The van der Waals surface area contributed by atoms with Crippen LogP contribution in [0.1, 0.15) is 6.92 Å². The van der Waals surface area contributed by atoms with E-state index in [1.807, 2.05) is 29.5 Å². The number of benzene rings is 1. The van der Waals surface area contributed by atoms with Crippen molar-refractivity contribution in [2.75, 3.05) is 24.1 Å². The van der Waals surface area contributed by atoms with Crippen molar-refractivity contribution < 1.29 is 9.18 Å². The fourth-order valence-corrected chi connectivity index (χ4v) is 1.64. The van der Waals surface area contributed by atoms with Crippen molar-refractivity contribution in [3.05, 3.63) is 21.5 Å². The molecule has 1 rings (SSSR count). The molecule has 16 heavy (non-hydrogen) atoms. The van der Waals surface area contributed by atoms with Crippen molar-refractivity contribution in [1.29, 1.82) is 0 Å². The highest BCUT2D eigenvalue weighted by atomic mass is 127. The second-order valence-electron chi connectivity index (χ2n) is 3.16. The minimum atomic E-state index is -0.354. The van der Waals surface area contributed by atoms with Gasteiger partial charge in [-0.25, -0.2) is 4.39 Å². The fraction of sp³-hybridized carbons (Fsp3) is 0.300. The van der Waals surface area contributed by atoms with Crippen molar-refractivity contribution in [1.82, 2.24) is 5.32 Å². The van der Waals surface area contributed by atoms with E-state index in [4.69, 9.17) is 5.73 Å². The molecule has 0 saturated carbocycles. The van der Waals surface area contributed by atoms with Gasteiger partial charge in [0.05, 0.1) is 21.5 Å². The van der Waals surface area contributed by atoms with Crippen LogP contribution in [0.15, 0.2) is 12.1 Å². The third-order valence-corrected chi connectivity index (χ3v) is 2.73. The monoisotopic (exact) mass is 337 g/mol. The van der Waals surface area contributed by atoms with Crippen molar-refractivity contribution in [2.24, 2.45) is 0 Å². The van der Waals surface area contributed by atoms with Crippen LogP contribution >= 0.6 is 22.6 Å². The summed E-state index contributed by atoms with van der Waals surface area (Å²) in [5, 5.41) is 5.41. The van der Waals surface area contributed by atoms with Crippen LogP contribution in [-0.2, 0) is 4.79 Å². The molecule has 0 aliphatic carbocycles. The van der Waals surface area contributed by atoms with Gasteiger partial charge in [-0.3, -0.25) is 4.79 Å². The minimum absolute atomic E-state index is 0.0814. The molecule has 0 unspecified atom stereocenters. The first-order valence-electron chi connectivity index (χ1n) is 4.79. The lowest BCUT2D eigenvalue weighted by molar-refractivity contribution is -0.119. The maximum Gasteiger partial charge on any atom is 0.239 e. The number of rotatable bonds is 4. The van der Waals surface area contributed by atoms with Gasteiger partial charge in [0.2, 0.25) is 5.91 Å². The standard InChI is InChI=1S/C10H13FIN3O/c1-2-14-10(16)5-15-9-3-6(11)7(12)4-8(9)13/h3-4,15H,2,5,13H2,1H3,(H,14,16). The summed E-state index contributed by atoms with van der Waals surface area (Å²) in [7, 11) is 0. The lowest BCUT2D eigenvalue weighted by Crippen LogP contribution is -2.29. The molecule has 0 radical (unpaired) electrons. The number of hydrogen-bond donors (Lipinski definition) is 3. The van der Waals surface area contributed by atoms with E-state index in [9.17, 15) is 9.18 Å². The predicted octanol–water partition coefficient (Wildman–Crippen LogP) is 1.56. The zero-order valence-corrected chi connectivity index (χ0v) is 11.0. The smallest absolute Gasteiger partial charge is 0.239 e. The molecule has 0 atom stereocenters. The van der Waals surface area contributed by atoms with Gasteiger partial charge in [-0.15, -0.1) is 0 Å². The molecule has 0 aromatic heterocycles. The Morgan fingerprint density at radius 1 is 1.56 bits per heavy atom. The highest BCUT2D eigenvalue weighted by Gasteiger charge is 2.06. The SMILES string of the molecule is CCNC(=O)CNc1cc(F)c(I)cc1N. The third-order valence-electron chi connectivity index (χ3n) is 1.91. The summed E-state index contributed by atoms with van der Waals surface area (Å²) in [4.78, 5) is 11.2. The van der Waals surface area contributed by atoms with Crippen molar-refractivity contribution in [3.8, 4) is 0 Å². The Morgan fingerprint density at radius 2 is 2.25 bits per heavy atom. The number of nitrogens with two attached hydrogens (primary N) is 1. The minimum Gasteiger partial charge on any atom is -0.397 e. The van der Waals surface area contributed by atoms with E-state index in [0.29, 0.717) is 21.5 Å². The number of anilines is 2. The zero-order valence-electron chi connectivity index (χ0n) is 8.81. The molecule has 1 aromatic carbocycles. The number of nitrogens with one attached hydrogen (secondary N) is 2. The first-order valence-corrected chi connectivity index (χ1v) is 5.87. The lowest BCUT2D eigenvalue weighted by Gasteiger charge is -2.10. The molecule has 1 aromatic rings. The van der Waals surface area contributed by atoms with Crippen LogP contribution in [0, 0.1) is 9.39 Å². The van der Waals surface area contributed by atoms with Gasteiger partial charge < -0.3 is 16.4 Å². The average Bonchev–Trinajstić information content (AvgIpc) is 2.22. The lowest BCUT2D eigenvalue weighted by atomic mass is 10.2. The summed E-state index contributed by atoms with van der Waals surface area (Å²) in [6.45, 7) is 2.48. The van der Waals surface area contributed by atoms with Crippen LogP contribution in [0.2, 0.25) is 0 Å². The predicted molar refractivity (Wildman–Crippen MR) is 70.7 cm³/mol. The number of likely N-dealkylation sites (N-methyl/N-ethyl adjacent to an activating group) is 1. The Kier molecular flexibility index (Phi) is 4.78. The summed E-state index contributed by atoms with van der Waals surface area (Å²) in [6.07, 6.45) is 0. The molecular formula is C10H13FIN3O. The average molecular weight is 337 g/mol. The molecule has 1 amide bonds. The van der Waals surface area contributed by atoms with Gasteiger partial charge in [0.15, 0.2) is 0 Å². The van der Waals surface area contributed by atoms with E-state index < -0.39 is 0 Å². The van der Waals surface area contributed by atoms with Crippen molar-refractivity contribution in [2.45, 2.75) is 6.92 Å². The number of carbonyl (C=O) groups excluding carboxylic acids is 1. The Labute approximate surface area is 107 Å². The molecule has 4 nitrogen and oxygen atoms in total. The van der Waals surface area contributed by atoms with E-state index in [0.717, 1.165) is 0 Å². The Bertz CT molecular complexity index is 398. The van der Waals surface area contributed by atoms with Gasteiger partial charge in [-0.05, 0) is 35.6 Å². The molecule has 0 heterocycles. The number of nitrogen functional groups attached to an aromatic ring is 1. The van der Waals surface area contributed by atoms with Crippen LogP contribution in [0.25, 0.3) is 0 Å². The molecular weight excluding hydrogens is 324 g/mol. The highest BCUT2D eigenvalue weighted by Crippen LogP contribution is 2.23. The van der Waals surface area contributed by atoms with Crippen LogP contribution in [-0.4, -0.2) is 19.0 Å². The molecule has 6 heteroatoms. The van der Waals surface area contributed by atoms with Gasteiger partial charge in [-0.1, -0.05) is 0 Å². The largest absolute Gasteiger partial charge is 0.397 e. The van der Waals surface area contributed by atoms with E-state index >= 15 is 0 Å². The maximum atomic E-state index is 13.2. The molecule has 0 bridgehead atoms. The number of amides is 1. The van der Waals surface area contributed by atoms with Gasteiger partial charge in [0.25, 0.3) is 0 Å². The molecule has 0 aliphatic heterocycles. The van der Waals surface area contributed by atoms with E-state index in [1.165, 1.54) is 12.1 Å². The van der Waals surface area contributed by atoms with Gasteiger partial charge in [-0.2, -0.15) is 0 Å². The summed E-state index contributed by atoms with van der Waals surface area (Å²) in [5.41, 5.74) is 6.55. The topological polar surface area (TPSA) is 67.2 Å². The molecule has 4 N–H and O–H groups in total. The van der Waals surface area contributed by atoms with Crippen LogP contribution in [0.3, 0.4) is 0 Å². The second-order valence-corrected chi connectivity index (χ2v) is 4.32. The third kappa shape index (κ3) is 3.51. The first kappa shape index (κ1) is 13.0. The highest BCUT2D eigenvalue weighted by molar-refractivity contribution is 14.1. The molecule has 0 aliphatic rings. The number of carbonyl (C=O) groups is 1. The quantitative estimate of drug-likeness (QED) is 0.577. The molecule has 88 valence electrons. The maximum absolute atomic E-state index is 13.2. The van der Waals surface area contributed by atoms with E-state index in [1.54, 1.807) is 0 Å². The van der Waals surface area contributed by atoms with Crippen LogP contribution < -0.4 is 16.4 Å².